The van der Waals surface area contributed by atoms with Gasteiger partial charge in [0.1, 0.15) is 5.75 Å². The first-order chi connectivity index (χ1) is 16.5. The smallest absolute Gasteiger partial charge is 0.254 e. The lowest BCUT2D eigenvalue weighted by molar-refractivity contribution is -0.136. The van der Waals surface area contributed by atoms with E-state index < -0.39 is 0 Å². The van der Waals surface area contributed by atoms with Gasteiger partial charge in [0.05, 0.1) is 13.0 Å². The van der Waals surface area contributed by atoms with E-state index in [2.05, 4.69) is 49.4 Å². The molecular weight excluding hydrogens is 424 g/mol. The number of carbonyl (C=O) groups excluding carboxylic acids is 2. The zero-order valence-electron chi connectivity index (χ0n) is 19.7. The highest BCUT2D eigenvalue weighted by molar-refractivity contribution is 5.95. The lowest BCUT2D eigenvalue weighted by atomic mass is 9.87. The van der Waals surface area contributed by atoms with Crippen LogP contribution in [-0.2, 0) is 17.8 Å². The number of benzene rings is 3. The molecule has 0 N–H and O–H groups in total. The second-order valence-electron chi connectivity index (χ2n) is 9.34. The normalized spacial score (nSPS) is 19.6. The van der Waals surface area contributed by atoms with Crippen molar-refractivity contribution in [3.8, 4) is 5.75 Å². The third-order valence-corrected chi connectivity index (χ3v) is 7.19. The van der Waals surface area contributed by atoms with Gasteiger partial charge in [0, 0.05) is 37.7 Å². The maximum atomic E-state index is 13.8. The van der Waals surface area contributed by atoms with Gasteiger partial charge >= 0.3 is 0 Å². The lowest BCUT2D eigenvalue weighted by Crippen LogP contribution is -2.42. The first-order valence-corrected chi connectivity index (χ1v) is 11.9. The fourth-order valence-corrected chi connectivity index (χ4v) is 5.23. The van der Waals surface area contributed by atoms with E-state index in [1.54, 1.807) is 13.2 Å². The predicted molar refractivity (Wildman–Crippen MR) is 132 cm³/mol. The minimum atomic E-state index is -0.262. The summed E-state index contributed by atoms with van der Waals surface area (Å²) in [6.07, 6.45) is 0.871. The van der Waals surface area contributed by atoms with Crippen LogP contribution in [0.15, 0.2) is 72.8 Å². The highest BCUT2D eigenvalue weighted by atomic mass is 16.5. The van der Waals surface area contributed by atoms with Crippen LogP contribution in [0.25, 0.3) is 0 Å². The molecule has 3 aromatic carbocycles. The first kappa shape index (κ1) is 22.2. The average Bonchev–Trinajstić information content (AvgIpc) is 3.33. The van der Waals surface area contributed by atoms with Crippen LogP contribution >= 0.6 is 0 Å². The Morgan fingerprint density at radius 3 is 2.41 bits per heavy atom. The fourth-order valence-electron chi connectivity index (χ4n) is 5.23. The summed E-state index contributed by atoms with van der Waals surface area (Å²) in [7, 11) is 1.60. The van der Waals surface area contributed by atoms with Crippen LogP contribution in [0.5, 0.6) is 5.75 Å². The topological polar surface area (TPSA) is 49.9 Å². The quantitative estimate of drug-likeness (QED) is 0.586. The molecular formula is C29H30N2O3. The number of amides is 2. The van der Waals surface area contributed by atoms with E-state index in [1.807, 2.05) is 34.1 Å². The molecule has 2 aliphatic rings. The molecule has 34 heavy (non-hydrogen) atoms. The molecule has 1 fully saturated rings. The zero-order valence-corrected chi connectivity index (χ0v) is 19.7. The molecule has 0 spiro atoms. The number of ether oxygens (including phenoxy) is 1. The first-order valence-electron chi connectivity index (χ1n) is 11.9. The summed E-state index contributed by atoms with van der Waals surface area (Å²) >= 11 is 0. The van der Waals surface area contributed by atoms with E-state index in [0.29, 0.717) is 30.9 Å². The van der Waals surface area contributed by atoms with E-state index in [4.69, 9.17) is 4.74 Å². The Balaban J connectivity index is 1.42. The Morgan fingerprint density at radius 2 is 1.65 bits per heavy atom. The molecule has 2 heterocycles. The number of fused-ring (bicyclic) bond motifs is 1. The van der Waals surface area contributed by atoms with Crippen molar-refractivity contribution >= 4 is 11.8 Å². The Kier molecular flexibility index (Phi) is 6.10. The van der Waals surface area contributed by atoms with Gasteiger partial charge in [-0.3, -0.25) is 9.59 Å². The molecule has 3 aromatic rings. The molecule has 0 aromatic heterocycles. The van der Waals surface area contributed by atoms with E-state index in [1.165, 1.54) is 16.7 Å². The SMILES string of the molecule is COc1cccc(C(=O)N2CC(C(=O)N3CCc4ccccc4C3)C(c3ccc(C)cc3)C2)c1. The Hall–Kier alpha value is -3.60. The third kappa shape index (κ3) is 4.30. The molecule has 0 saturated carbocycles. The summed E-state index contributed by atoms with van der Waals surface area (Å²) in [6, 6.07) is 24.0. The van der Waals surface area contributed by atoms with Crippen molar-refractivity contribution in [2.75, 3.05) is 26.7 Å². The zero-order chi connectivity index (χ0) is 23.7. The molecule has 174 valence electrons. The Labute approximate surface area is 201 Å². The average molecular weight is 455 g/mol. The Morgan fingerprint density at radius 1 is 0.882 bits per heavy atom. The van der Waals surface area contributed by atoms with E-state index in [0.717, 1.165) is 18.5 Å². The highest BCUT2D eigenvalue weighted by Crippen LogP contribution is 2.36. The van der Waals surface area contributed by atoms with E-state index in [-0.39, 0.29) is 23.7 Å². The number of likely N-dealkylation sites (tertiary alicyclic amines) is 1. The maximum Gasteiger partial charge on any atom is 0.254 e. The van der Waals surface area contributed by atoms with Gasteiger partial charge in [-0.1, -0.05) is 60.2 Å². The van der Waals surface area contributed by atoms with Crippen LogP contribution in [-0.4, -0.2) is 48.4 Å². The summed E-state index contributed by atoms with van der Waals surface area (Å²) in [5.41, 5.74) is 5.42. The fraction of sp³-hybridized carbons (Fsp3) is 0.310. The molecule has 5 rings (SSSR count). The van der Waals surface area contributed by atoms with Crippen LogP contribution in [0.2, 0.25) is 0 Å². The molecule has 5 heteroatoms. The van der Waals surface area contributed by atoms with Crippen molar-refractivity contribution in [3.05, 3.63) is 101 Å². The molecule has 2 amide bonds. The van der Waals surface area contributed by atoms with Crippen LogP contribution < -0.4 is 4.74 Å². The number of hydrogen-bond acceptors (Lipinski definition) is 3. The second-order valence-corrected chi connectivity index (χ2v) is 9.34. The summed E-state index contributed by atoms with van der Waals surface area (Å²) < 4.78 is 5.31. The minimum absolute atomic E-state index is 0.0279. The standard InChI is InChI=1S/C29H30N2O3/c1-20-10-12-22(13-11-20)26-18-31(28(32)23-8-5-9-25(16-23)34-2)19-27(26)29(33)30-15-14-21-6-3-4-7-24(21)17-30/h3-13,16,26-27H,14-15,17-19H2,1-2H3. The van der Waals surface area contributed by atoms with Gasteiger partial charge in [0.25, 0.3) is 5.91 Å². The second kappa shape index (κ2) is 9.34. The number of carbonyl (C=O) groups is 2. The van der Waals surface area contributed by atoms with Gasteiger partial charge in [0.15, 0.2) is 0 Å². The van der Waals surface area contributed by atoms with Gasteiger partial charge in [-0.05, 0) is 48.2 Å². The van der Waals surface area contributed by atoms with Crippen molar-refractivity contribution in [2.24, 2.45) is 5.92 Å². The van der Waals surface area contributed by atoms with Gasteiger partial charge in [0.2, 0.25) is 5.91 Å². The van der Waals surface area contributed by atoms with Gasteiger partial charge in [-0.2, -0.15) is 0 Å². The van der Waals surface area contributed by atoms with Crippen molar-refractivity contribution in [1.82, 2.24) is 9.80 Å². The third-order valence-electron chi connectivity index (χ3n) is 7.19. The van der Waals surface area contributed by atoms with Crippen molar-refractivity contribution < 1.29 is 14.3 Å². The van der Waals surface area contributed by atoms with Crippen molar-refractivity contribution in [1.29, 1.82) is 0 Å². The predicted octanol–water partition coefficient (Wildman–Crippen LogP) is 4.44. The number of rotatable bonds is 4. The van der Waals surface area contributed by atoms with Crippen LogP contribution in [0.4, 0.5) is 0 Å². The number of hydrogen-bond donors (Lipinski definition) is 0. The van der Waals surface area contributed by atoms with E-state index >= 15 is 0 Å². The lowest BCUT2D eigenvalue weighted by Gasteiger charge is -2.32. The van der Waals surface area contributed by atoms with Gasteiger partial charge < -0.3 is 14.5 Å². The van der Waals surface area contributed by atoms with E-state index in [9.17, 15) is 9.59 Å². The molecule has 2 atom stereocenters. The molecule has 5 nitrogen and oxygen atoms in total. The molecule has 0 aliphatic carbocycles. The number of nitrogens with zero attached hydrogens (tertiary/aromatic N) is 2. The number of aryl methyl sites for hydroxylation is 1. The molecule has 0 bridgehead atoms. The van der Waals surface area contributed by atoms with Crippen LogP contribution in [0, 0.1) is 12.8 Å². The molecule has 0 radical (unpaired) electrons. The maximum absolute atomic E-state index is 13.8. The summed E-state index contributed by atoms with van der Waals surface area (Å²) in [6.45, 7) is 4.36. The summed E-state index contributed by atoms with van der Waals surface area (Å²) in [4.78, 5) is 31.0. The van der Waals surface area contributed by atoms with Crippen molar-refractivity contribution in [3.63, 3.8) is 0 Å². The Bertz CT molecular complexity index is 1200. The molecule has 2 aliphatic heterocycles. The summed E-state index contributed by atoms with van der Waals surface area (Å²) in [5, 5.41) is 0. The van der Waals surface area contributed by atoms with Crippen LogP contribution in [0.1, 0.15) is 38.5 Å². The molecule has 1 saturated heterocycles. The number of methoxy groups -OCH3 is 1. The minimum Gasteiger partial charge on any atom is -0.497 e. The van der Waals surface area contributed by atoms with Crippen LogP contribution in [0.3, 0.4) is 0 Å². The monoisotopic (exact) mass is 454 g/mol. The summed E-state index contributed by atoms with van der Waals surface area (Å²) in [5.74, 6) is 0.443. The molecule has 2 unspecified atom stereocenters. The van der Waals surface area contributed by atoms with Gasteiger partial charge in [-0.15, -0.1) is 0 Å². The largest absolute Gasteiger partial charge is 0.497 e. The van der Waals surface area contributed by atoms with Gasteiger partial charge in [-0.25, -0.2) is 0 Å². The van der Waals surface area contributed by atoms with Crippen molar-refractivity contribution in [2.45, 2.75) is 25.8 Å². The highest BCUT2D eigenvalue weighted by Gasteiger charge is 2.42.